The standard InChI is InChI=1S/C32H38Cl2N4O3/c33-24-15-16-26(28(34)19-24)31(39)30-27(20-36-18-8-11-22-9-2-1-3-10-22)25-13-5-4-12-23(25)21-38(30)37-29(32(40)41)14-6-7-17-35/h1-5,9-10,12-13,15-16,19,27,29-30,36-37H,6-8,11,14,17-18,20-21,35H2,(H,40,41)/t27?,29-,30?/m1/s1. The minimum Gasteiger partial charge on any atom is -0.480 e. The first kappa shape index (κ1) is 31.2. The predicted molar refractivity (Wildman–Crippen MR) is 164 cm³/mol. The first-order valence-corrected chi connectivity index (χ1v) is 14.9. The van der Waals surface area contributed by atoms with Gasteiger partial charge in [-0.2, -0.15) is 0 Å². The molecule has 2 unspecified atom stereocenters. The number of carboxylic acid groups (broad SMARTS) is 1. The maximum Gasteiger partial charge on any atom is 0.322 e. The fourth-order valence-electron chi connectivity index (χ4n) is 5.49. The van der Waals surface area contributed by atoms with E-state index in [2.05, 4.69) is 28.9 Å². The molecule has 0 bridgehead atoms. The summed E-state index contributed by atoms with van der Waals surface area (Å²) in [6.45, 7) is 2.19. The van der Waals surface area contributed by atoms with Gasteiger partial charge in [0.05, 0.1) is 11.1 Å². The molecular weight excluding hydrogens is 559 g/mol. The summed E-state index contributed by atoms with van der Waals surface area (Å²) in [7, 11) is 0. The molecule has 0 aromatic heterocycles. The van der Waals surface area contributed by atoms with Crippen LogP contribution in [0.3, 0.4) is 0 Å². The molecule has 7 nitrogen and oxygen atoms in total. The summed E-state index contributed by atoms with van der Waals surface area (Å²) in [6.07, 6.45) is 3.69. The Morgan fingerprint density at radius 1 is 1.00 bits per heavy atom. The number of unbranched alkanes of at least 4 members (excludes halogenated alkanes) is 1. The van der Waals surface area contributed by atoms with Crippen molar-refractivity contribution in [2.75, 3.05) is 19.6 Å². The summed E-state index contributed by atoms with van der Waals surface area (Å²) in [5.74, 6) is -1.40. The molecule has 0 radical (unpaired) electrons. The number of nitrogens with zero attached hydrogens (tertiary/aromatic N) is 1. The Bertz CT molecular complexity index is 1310. The van der Waals surface area contributed by atoms with Crippen molar-refractivity contribution in [2.24, 2.45) is 5.73 Å². The molecule has 218 valence electrons. The summed E-state index contributed by atoms with van der Waals surface area (Å²) < 4.78 is 0. The van der Waals surface area contributed by atoms with Gasteiger partial charge in [-0.05, 0) is 80.1 Å². The van der Waals surface area contributed by atoms with E-state index in [1.807, 2.05) is 36.4 Å². The minimum atomic E-state index is -0.966. The van der Waals surface area contributed by atoms with Crippen LogP contribution >= 0.6 is 23.2 Å². The van der Waals surface area contributed by atoms with Crippen molar-refractivity contribution >= 4 is 35.0 Å². The number of hydrogen-bond acceptors (Lipinski definition) is 6. The van der Waals surface area contributed by atoms with E-state index >= 15 is 0 Å². The van der Waals surface area contributed by atoms with Crippen LogP contribution in [-0.4, -0.2) is 53.6 Å². The van der Waals surface area contributed by atoms with Gasteiger partial charge in [0.2, 0.25) is 0 Å². The van der Waals surface area contributed by atoms with Gasteiger partial charge < -0.3 is 16.2 Å². The molecule has 0 fully saturated rings. The normalized spacial score (nSPS) is 17.6. The van der Waals surface area contributed by atoms with Crippen molar-refractivity contribution < 1.29 is 14.7 Å². The minimum absolute atomic E-state index is 0.184. The molecule has 1 aliphatic heterocycles. The number of nitrogens with one attached hydrogen (secondary N) is 2. The van der Waals surface area contributed by atoms with Gasteiger partial charge in [0.15, 0.2) is 5.78 Å². The van der Waals surface area contributed by atoms with Crippen molar-refractivity contribution in [3.8, 4) is 0 Å². The molecule has 0 amide bonds. The number of rotatable bonds is 15. The Morgan fingerprint density at radius 3 is 2.49 bits per heavy atom. The van der Waals surface area contributed by atoms with Crippen LogP contribution < -0.4 is 16.5 Å². The van der Waals surface area contributed by atoms with Crippen LogP contribution in [0.25, 0.3) is 0 Å². The Balaban J connectivity index is 1.61. The molecular formula is C32H38Cl2N4O3. The first-order chi connectivity index (χ1) is 19.9. The molecule has 5 N–H and O–H groups in total. The zero-order chi connectivity index (χ0) is 29.2. The number of carbonyl (C=O) groups is 2. The highest BCUT2D eigenvalue weighted by atomic mass is 35.5. The summed E-state index contributed by atoms with van der Waals surface area (Å²) in [5, 5.41) is 16.1. The molecule has 0 spiro atoms. The van der Waals surface area contributed by atoms with E-state index in [-0.39, 0.29) is 16.7 Å². The lowest BCUT2D eigenvalue weighted by atomic mass is 9.80. The molecule has 0 saturated heterocycles. The highest BCUT2D eigenvalue weighted by Gasteiger charge is 2.41. The molecule has 3 aromatic carbocycles. The summed E-state index contributed by atoms with van der Waals surface area (Å²) in [4.78, 5) is 26.5. The maximum atomic E-state index is 14.2. The number of fused-ring (bicyclic) bond motifs is 1. The number of hydrogen-bond donors (Lipinski definition) is 4. The van der Waals surface area contributed by atoms with E-state index in [0.29, 0.717) is 43.1 Å². The number of benzene rings is 3. The van der Waals surface area contributed by atoms with Gasteiger partial charge in [0.1, 0.15) is 6.04 Å². The van der Waals surface area contributed by atoms with Crippen LogP contribution in [0.1, 0.15) is 58.6 Å². The lowest BCUT2D eigenvalue weighted by Crippen LogP contribution is -2.59. The second-order valence-corrected chi connectivity index (χ2v) is 11.3. The molecule has 0 aliphatic carbocycles. The van der Waals surface area contributed by atoms with Crippen LogP contribution in [0.15, 0.2) is 72.8 Å². The summed E-state index contributed by atoms with van der Waals surface area (Å²) >= 11 is 12.7. The maximum absolute atomic E-state index is 14.2. The molecule has 0 saturated carbocycles. The monoisotopic (exact) mass is 596 g/mol. The lowest BCUT2D eigenvalue weighted by Gasteiger charge is -2.43. The van der Waals surface area contributed by atoms with Gasteiger partial charge >= 0.3 is 5.97 Å². The predicted octanol–water partition coefficient (Wildman–Crippen LogP) is 5.45. The van der Waals surface area contributed by atoms with Crippen molar-refractivity contribution in [3.05, 3.63) is 105 Å². The Morgan fingerprint density at radius 2 is 1.76 bits per heavy atom. The number of carboxylic acids is 1. The van der Waals surface area contributed by atoms with Gasteiger partial charge in [-0.3, -0.25) is 9.59 Å². The number of nitrogens with two attached hydrogens (primary N) is 1. The first-order valence-electron chi connectivity index (χ1n) is 14.2. The third kappa shape index (κ3) is 8.38. The van der Waals surface area contributed by atoms with Gasteiger partial charge in [-0.15, -0.1) is 0 Å². The number of ketones is 1. The van der Waals surface area contributed by atoms with E-state index < -0.39 is 18.1 Å². The largest absolute Gasteiger partial charge is 0.480 e. The van der Waals surface area contributed by atoms with Crippen LogP contribution in [0.5, 0.6) is 0 Å². The van der Waals surface area contributed by atoms with Crippen LogP contribution in [0.2, 0.25) is 10.0 Å². The van der Waals surface area contributed by atoms with Crippen LogP contribution in [0.4, 0.5) is 0 Å². The topological polar surface area (TPSA) is 108 Å². The molecule has 1 aliphatic rings. The number of aryl methyl sites for hydroxylation is 1. The summed E-state index contributed by atoms with van der Waals surface area (Å²) in [5.41, 5.74) is 12.6. The van der Waals surface area contributed by atoms with Gasteiger partial charge in [-0.1, -0.05) is 77.8 Å². The number of halogens is 2. The van der Waals surface area contributed by atoms with E-state index in [4.69, 9.17) is 28.9 Å². The van der Waals surface area contributed by atoms with E-state index in [9.17, 15) is 14.7 Å². The fraction of sp³-hybridized carbons (Fsp3) is 0.375. The second-order valence-electron chi connectivity index (χ2n) is 10.5. The molecule has 1 heterocycles. The second kappa shape index (κ2) is 15.4. The Hall–Kier alpha value is -2.78. The SMILES string of the molecule is NCCCC[C@@H](NN1Cc2ccccc2C(CNCCCc2ccccc2)C1C(=O)c1ccc(Cl)cc1Cl)C(=O)O. The quantitative estimate of drug-likeness (QED) is 0.136. The third-order valence-corrected chi connectivity index (χ3v) is 8.12. The van der Waals surface area contributed by atoms with E-state index in [1.165, 1.54) is 5.56 Å². The summed E-state index contributed by atoms with van der Waals surface area (Å²) in [6, 6.07) is 21.7. The zero-order valence-corrected chi connectivity index (χ0v) is 24.6. The van der Waals surface area contributed by atoms with Crippen LogP contribution in [-0.2, 0) is 17.8 Å². The average molecular weight is 598 g/mol. The molecule has 9 heteroatoms. The number of carbonyl (C=O) groups excluding carboxylic acids is 1. The van der Waals surface area contributed by atoms with Gasteiger partial charge in [-0.25, -0.2) is 10.4 Å². The van der Waals surface area contributed by atoms with Crippen molar-refractivity contribution in [1.29, 1.82) is 0 Å². The number of aliphatic carboxylic acids is 1. The molecule has 41 heavy (non-hydrogen) atoms. The van der Waals surface area contributed by atoms with E-state index in [0.717, 1.165) is 36.9 Å². The van der Waals surface area contributed by atoms with Crippen molar-refractivity contribution in [2.45, 2.75) is 56.7 Å². The van der Waals surface area contributed by atoms with Crippen molar-refractivity contribution in [3.63, 3.8) is 0 Å². The van der Waals surface area contributed by atoms with Gasteiger partial charge in [0.25, 0.3) is 0 Å². The van der Waals surface area contributed by atoms with E-state index in [1.54, 1.807) is 23.2 Å². The third-order valence-electron chi connectivity index (χ3n) is 7.57. The Labute approximate surface area is 252 Å². The molecule has 3 aromatic rings. The molecule has 3 atom stereocenters. The van der Waals surface area contributed by atoms with Crippen LogP contribution in [0, 0.1) is 0 Å². The zero-order valence-electron chi connectivity index (χ0n) is 23.1. The van der Waals surface area contributed by atoms with Gasteiger partial charge in [0, 0.05) is 29.6 Å². The Kier molecular flexibility index (Phi) is 11.7. The fourth-order valence-corrected chi connectivity index (χ4v) is 5.99. The highest BCUT2D eigenvalue weighted by molar-refractivity contribution is 6.37. The number of Topliss-reactive ketones (excluding diaryl/α,β-unsaturated/α-hetero) is 1. The highest BCUT2D eigenvalue weighted by Crippen LogP contribution is 2.36. The lowest BCUT2D eigenvalue weighted by molar-refractivity contribution is -0.142. The average Bonchev–Trinajstić information content (AvgIpc) is 2.96. The molecule has 4 rings (SSSR count). The smallest absolute Gasteiger partial charge is 0.322 e. The number of hydrazine groups is 1. The van der Waals surface area contributed by atoms with Crippen molar-refractivity contribution in [1.82, 2.24) is 15.8 Å².